The van der Waals surface area contributed by atoms with Crippen molar-refractivity contribution in [2.24, 2.45) is 0 Å². The summed E-state index contributed by atoms with van der Waals surface area (Å²) < 4.78 is 5.49. The fourth-order valence-electron chi connectivity index (χ4n) is 1.97. The molecular formula is C15H18ClNO2. The van der Waals surface area contributed by atoms with Crippen LogP contribution in [0.15, 0.2) is 28.7 Å². The van der Waals surface area contributed by atoms with E-state index in [1.54, 1.807) is 24.3 Å². The van der Waals surface area contributed by atoms with Gasteiger partial charge in [-0.2, -0.15) is 0 Å². The van der Waals surface area contributed by atoms with Crippen LogP contribution in [-0.2, 0) is 0 Å². The zero-order chi connectivity index (χ0) is 13.7. The molecule has 0 unspecified atom stereocenters. The molecule has 0 saturated heterocycles. The topological polar surface area (TPSA) is 42.2 Å². The third kappa shape index (κ3) is 3.74. The van der Waals surface area contributed by atoms with Crippen LogP contribution in [-0.4, -0.2) is 12.5 Å². The largest absolute Gasteiger partial charge is 0.451 e. The van der Waals surface area contributed by atoms with Crippen molar-refractivity contribution in [2.45, 2.75) is 32.6 Å². The number of rotatable bonds is 6. The van der Waals surface area contributed by atoms with Gasteiger partial charge in [-0.15, -0.1) is 0 Å². The van der Waals surface area contributed by atoms with Gasteiger partial charge in [-0.25, -0.2) is 0 Å². The average molecular weight is 280 g/mol. The van der Waals surface area contributed by atoms with E-state index in [1.807, 2.05) is 0 Å². The van der Waals surface area contributed by atoms with Crippen LogP contribution in [0.4, 0.5) is 0 Å². The van der Waals surface area contributed by atoms with Crippen molar-refractivity contribution in [1.82, 2.24) is 5.32 Å². The molecule has 2 aromatic rings. The van der Waals surface area contributed by atoms with Gasteiger partial charge < -0.3 is 9.73 Å². The summed E-state index contributed by atoms with van der Waals surface area (Å²) in [5, 5.41) is 4.36. The van der Waals surface area contributed by atoms with E-state index >= 15 is 0 Å². The van der Waals surface area contributed by atoms with Crippen molar-refractivity contribution in [3.05, 3.63) is 35.0 Å². The molecule has 19 heavy (non-hydrogen) atoms. The minimum Gasteiger partial charge on any atom is -0.451 e. The minimum atomic E-state index is -0.163. The number of hydrogen-bond acceptors (Lipinski definition) is 2. The van der Waals surface area contributed by atoms with Crippen LogP contribution < -0.4 is 5.32 Å². The molecule has 0 spiro atoms. The van der Waals surface area contributed by atoms with E-state index in [-0.39, 0.29) is 5.91 Å². The van der Waals surface area contributed by atoms with Gasteiger partial charge in [-0.3, -0.25) is 4.79 Å². The van der Waals surface area contributed by atoms with E-state index < -0.39 is 0 Å². The Balaban J connectivity index is 1.94. The number of carbonyl (C=O) groups is 1. The van der Waals surface area contributed by atoms with Gasteiger partial charge in [0, 0.05) is 17.0 Å². The van der Waals surface area contributed by atoms with E-state index in [0.29, 0.717) is 22.9 Å². The van der Waals surface area contributed by atoms with Crippen molar-refractivity contribution < 1.29 is 9.21 Å². The Labute approximate surface area is 117 Å². The van der Waals surface area contributed by atoms with Crippen molar-refractivity contribution in [3.63, 3.8) is 0 Å². The lowest BCUT2D eigenvalue weighted by molar-refractivity contribution is 0.0927. The van der Waals surface area contributed by atoms with Crippen LogP contribution in [0.3, 0.4) is 0 Å². The summed E-state index contributed by atoms with van der Waals surface area (Å²) in [6.45, 7) is 2.86. The summed E-state index contributed by atoms with van der Waals surface area (Å²) >= 11 is 5.90. The minimum absolute atomic E-state index is 0.163. The highest BCUT2D eigenvalue weighted by atomic mass is 35.5. The highest BCUT2D eigenvalue weighted by Crippen LogP contribution is 2.22. The maximum absolute atomic E-state index is 11.9. The highest BCUT2D eigenvalue weighted by molar-refractivity contribution is 6.31. The fraction of sp³-hybridized carbons (Fsp3) is 0.400. The summed E-state index contributed by atoms with van der Waals surface area (Å²) in [5.74, 6) is 0.177. The smallest absolute Gasteiger partial charge is 0.287 e. The number of unbranched alkanes of at least 4 members (excludes halogenated alkanes) is 3. The van der Waals surface area contributed by atoms with Crippen LogP contribution in [0.25, 0.3) is 11.0 Å². The molecule has 0 aliphatic carbocycles. The molecule has 3 nitrogen and oxygen atoms in total. The SMILES string of the molecule is CCCCCCNC(=O)c1cc2cc(Cl)ccc2o1. The summed E-state index contributed by atoms with van der Waals surface area (Å²) in [7, 11) is 0. The second-order valence-corrected chi connectivity index (χ2v) is 5.05. The van der Waals surface area contributed by atoms with Gasteiger partial charge in [0.1, 0.15) is 5.58 Å². The lowest BCUT2D eigenvalue weighted by Crippen LogP contribution is -2.23. The zero-order valence-corrected chi connectivity index (χ0v) is 11.8. The lowest BCUT2D eigenvalue weighted by atomic mass is 10.2. The van der Waals surface area contributed by atoms with Gasteiger partial charge >= 0.3 is 0 Å². The molecule has 1 heterocycles. The maximum atomic E-state index is 11.9. The van der Waals surface area contributed by atoms with Crippen LogP contribution in [0.2, 0.25) is 5.02 Å². The van der Waals surface area contributed by atoms with Crippen molar-refractivity contribution in [2.75, 3.05) is 6.54 Å². The number of halogens is 1. The molecule has 0 aliphatic rings. The van der Waals surface area contributed by atoms with E-state index in [1.165, 1.54) is 12.8 Å². The highest BCUT2D eigenvalue weighted by Gasteiger charge is 2.11. The van der Waals surface area contributed by atoms with Crippen molar-refractivity contribution >= 4 is 28.5 Å². The molecule has 4 heteroatoms. The molecule has 1 aromatic heterocycles. The number of amides is 1. The Bertz CT molecular complexity index is 562. The standard InChI is InChI=1S/C15H18ClNO2/c1-2-3-4-5-8-17-15(18)14-10-11-9-12(16)6-7-13(11)19-14/h6-7,9-10H,2-5,8H2,1H3,(H,17,18). The maximum Gasteiger partial charge on any atom is 0.287 e. The van der Waals surface area contributed by atoms with Gasteiger partial charge in [0.05, 0.1) is 0 Å². The lowest BCUT2D eigenvalue weighted by Gasteiger charge is -2.02. The van der Waals surface area contributed by atoms with E-state index in [9.17, 15) is 4.79 Å². The van der Waals surface area contributed by atoms with Gasteiger partial charge in [0.15, 0.2) is 5.76 Å². The van der Waals surface area contributed by atoms with Gasteiger partial charge in [0.25, 0.3) is 5.91 Å². The quantitative estimate of drug-likeness (QED) is 0.797. The summed E-state index contributed by atoms with van der Waals surface area (Å²) in [5.41, 5.74) is 0.681. The second kappa shape index (κ2) is 6.62. The van der Waals surface area contributed by atoms with Gasteiger partial charge in [-0.1, -0.05) is 37.8 Å². The molecule has 2 rings (SSSR count). The van der Waals surface area contributed by atoms with Crippen LogP contribution in [0, 0.1) is 0 Å². The number of nitrogens with one attached hydrogen (secondary N) is 1. The Morgan fingerprint density at radius 2 is 2.11 bits per heavy atom. The van der Waals surface area contributed by atoms with Crippen LogP contribution in [0.5, 0.6) is 0 Å². The van der Waals surface area contributed by atoms with Gasteiger partial charge in [0.2, 0.25) is 0 Å². The molecule has 0 saturated carbocycles. The van der Waals surface area contributed by atoms with E-state index in [0.717, 1.165) is 18.2 Å². The van der Waals surface area contributed by atoms with Crippen molar-refractivity contribution in [3.8, 4) is 0 Å². The molecule has 0 aliphatic heterocycles. The van der Waals surface area contributed by atoms with E-state index in [4.69, 9.17) is 16.0 Å². The third-order valence-corrected chi connectivity index (χ3v) is 3.25. The third-order valence-electron chi connectivity index (χ3n) is 3.02. The number of carbonyl (C=O) groups excluding carboxylic acids is 1. The number of fused-ring (bicyclic) bond motifs is 1. The van der Waals surface area contributed by atoms with E-state index in [2.05, 4.69) is 12.2 Å². The molecule has 0 atom stereocenters. The molecule has 0 fully saturated rings. The monoisotopic (exact) mass is 279 g/mol. The van der Waals surface area contributed by atoms with Gasteiger partial charge in [-0.05, 0) is 30.7 Å². The molecule has 0 bridgehead atoms. The Morgan fingerprint density at radius 1 is 1.26 bits per heavy atom. The first-order chi connectivity index (χ1) is 9.20. The Hall–Kier alpha value is -1.48. The Kier molecular flexibility index (Phi) is 4.86. The first-order valence-electron chi connectivity index (χ1n) is 6.68. The summed E-state index contributed by atoms with van der Waals surface area (Å²) in [6, 6.07) is 7.04. The molecule has 102 valence electrons. The fourth-order valence-corrected chi connectivity index (χ4v) is 2.15. The van der Waals surface area contributed by atoms with Crippen LogP contribution >= 0.6 is 11.6 Å². The average Bonchev–Trinajstić information content (AvgIpc) is 2.81. The predicted octanol–water partition coefficient (Wildman–Crippen LogP) is 4.40. The first-order valence-corrected chi connectivity index (χ1v) is 7.06. The molecule has 1 N–H and O–H groups in total. The Morgan fingerprint density at radius 3 is 2.89 bits per heavy atom. The molecule has 0 radical (unpaired) electrons. The number of benzene rings is 1. The first kappa shape index (κ1) is 13.9. The predicted molar refractivity (Wildman–Crippen MR) is 77.7 cm³/mol. The summed E-state index contributed by atoms with van der Waals surface area (Å²) in [6.07, 6.45) is 4.55. The molecule has 1 aromatic carbocycles. The van der Waals surface area contributed by atoms with Crippen molar-refractivity contribution in [1.29, 1.82) is 0 Å². The molecular weight excluding hydrogens is 262 g/mol. The second-order valence-electron chi connectivity index (χ2n) is 4.61. The normalized spacial score (nSPS) is 10.8. The number of hydrogen-bond donors (Lipinski definition) is 1. The summed E-state index contributed by atoms with van der Waals surface area (Å²) in [4.78, 5) is 11.9. The molecule has 1 amide bonds. The zero-order valence-electron chi connectivity index (χ0n) is 11.0. The van der Waals surface area contributed by atoms with Crippen LogP contribution in [0.1, 0.15) is 43.2 Å². The number of furan rings is 1.